The molecule has 1 unspecified atom stereocenters. The van der Waals surface area contributed by atoms with Crippen LogP contribution in [-0.4, -0.2) is 5.11 Å². The van der Waals surface area contributed by atoms with Crippen LogP contribution in [-0.2, 0) is 5.60 Å². The Labute approximate surface area is 109 Å². The number of benzene rings is 2. The third-order valence-electron chi connectivity index (χ3n) is 2.88. The highest BCUT2D eigenvalue weighted by Crippen LogP contribution is 2.32. The van der Waals surface area contributed by atoms with E-state index in [9.17, 15) is 13.9 Å². The first-order chi connectivity index (χ1) is 8.43. The molecule has 0 heterocycles. The van der Waals surface area contributed by atoms with Crippen molar-refractivity contribution in [3.8, 4) is 0 Å². The second-order valence-corrected chi connectivity index (χ2v) is 4.62. The number of hydrogen-bond donors (Lipinski definition) is 1. The lowest BCUT2D eigenvalue weighted by Crippen LogP contribution is -2.24. The summed E-state index contributed by atoms with van der Waals surface area (Å²) < 4.78 is 26.9. The van der Waals surface area contributed by atoms with Crippen LogP contribution in [0.25, 0.3) is 0 Å². The maximum Gasteiger partial charge on any atom is 0.165 e. The molecule has 1 nitrogen and oxygen atoms in total. The molecule has 0 fully saturated rings. The van der Waals surface area contributed by atoms with Gasteiger partial charge in [-0.15, -0.1) is 0 Å². The van der Waals surface area contributed by atoms with E-state index in [0.717, 1.165) is 6.07 Å². The molecule has 2 aromatic carbocycles. The van der Waals surface area contributed by atoms with Crippen molar-refractivity contribution in [3.63, 3.8) is 0 Å². The van der Waals surface area contributed by atoms with E-state index in [1.807, 2.05) is 0 Å². The summed E-state index contributed by atoms with van der Waals surface area (Å²) in [6, 6.07) is 10.0. The van der Waals surface area contributed by atoms with Gasteiger partial charge in [-0.1, -0.05) is 35.9 Å². The maximum absolute atomic E-state index is 13.7. The van der Waals surface area contributed by atoms with Gasteiger partial charge in [-0.3, -0.25) is 0 Å². The van der Waals surface area contributed by atoms with Gasteiger partial charge < -0.3 is 5.11 Å². The predicted molar refractivity (Wildman–Crippen MR) is 66.5 cm³/mol. The van der Waals surface area contributed by atoms with E-state index in [4.69, 9.17) is 11.6 Å². The summed E-state index contributed by atoms with van der Waals surface area (Å²) >= 11 is 5.75. The maximum atomic E-state index is 13.7. The van der Waals surface area contributed by atoms with Gasteiger partial charge in [0.2, 0.25) is 0 Å². The van der Waals surface area contributed by atoms with Crippen molar-refractivity contribution in [2.45, 2.75) is 12.5 Å². The van der Waals surface area contributed by atoms with Gasteiger partial charge in [-0.2, -0.15) is 0 Å². The molecule has 0 radical (unpaired) electrons. The smallest absolute Gasteiger partial charge is 0.165 e. The molecular weight excluding hydrogens is 258 g/mol. The van der Waals surface area contributed by atoms with Gasteiger partial charge in [0.1, 0.15) is 5.60 Å². The molecular formula is C14H11ClF2O. The predicted octanol–water partition coefficient (Wildman–Crippen LogP) is 3.87. The summed E-state index contributed by atoms with van der Waals surface area (Å²) in [5.74, 6) is -2.03. The lowest BCUT2D eigenvalue weighted by Gasteiger charge is -2.25. The normalized spacial score (nSPS) is 14.3. The first-order valence-corrected chi connectivity index (χ1v) is 5.73. The molecule has 1 atom stereocenters. The number of halogens is 3. The summed E-state index contributed by atoms with van der Waals surface area (Å²) in [4.78, 5) is 0. The highest BCUT2D eigenvalue weighted by Gasteiger charge is 2.29. The molecule has 94 valence electrons. The minimum Gasteiger partial charge on any atom is -0.381 e. The molecule has 0 aliphatic heterocycles. The fourth-order valence-corrected chi connectivity index (χ4v) is 1.94. The van der Waals surface area contributed by atoms with Gasteiger partial charge in [0.25, 0.3) is 0 Å². The second-order valence-electron chi connectivity index (χ2n) is 4.18. The molecule has 0 amide bonds. The molecule has 0 aliphatic carbocycles. The number of rotatable bonds is 2. The van der Waals surface area contributed by atoms with E-state index in [2.05, 4.69) is 0 Å². The summed E-state index contributed by atoms with van der Waals surface area (Å²) in [5.41, 5.74) is -1.28. The van der Waals surface area contributed by atoms with Gasteiger partial charge in [0.15, 0.2) is 11.6 Å². The molecule has 0 aromatic heterocycles. The van der Waals surface area contributed by atoms with E-state index in [-0.39, 0.29) is 5.56 Å². The summed E-state index contributed by atoms with van der Waals surface area (Å²) in [7, 11) is 0. The van der Waals surface area contributed by atoms with E-state index < -0.39 is 17.2 Å². The Morgan fingerprint density at radius 3 is 2.28 bits per heavy atom. The first-order valence-electron chi connectivity index (χ1n) is 5.36. The van der Waals surface area contributed by atoms with Crippen molar-refractivity contribution in [1.29, 1.82) is 0 Å². The molecule has 0 bridgehead atoms. The Morgan fingerprint density at radius 1 is 1.06 bits per heavy atom. The topological polar surface area (TPSA) is 20.2 Å². The van der Waals surface area contributed by atoms with Crippen LogP contribution >= 0.6 is 11.6 Å². The lowest BCUT2D eigenvalue weighted by molar-refractivity contribution is 0.0970. The van der Waals surface area contributed by atoms with Gasteiger partial charge >= 0.3 is 0 Å². The molecule has 0 saturated carbocycles. The minimum atomic E-state index is -1.61. The van der Waals surface area contributed by atoms with Gasteiger partial charge in [0.05, 0.1) is 0 Å². The minimum absolute atomic E-state index is 0.107. The van der Waals surface area contributed by atoms with Crippen LogP contribution in [0.3, 0.4) is 0 Å². The van der Waals surface area contributed by atoms with Gasteiger partial charge in [-0.05, 0) is 30.7 Å². The van der Waals surface area contributed by atoms with Crippen LogP contribution in [0.2, 0.25) is 5.02 Å². The molecule has 0 spiro atoms. The van der Waals surface area contributed by atoms with Crippen molar-refractivity contribution in [2.24, 2.45) is 0 Å². The Morgan fingerprint density at radius 2 is 1.67 bits per heavy atom. The van der Waals surface area contributed by atoms with Crippen molar-refractivity contribution in [2.75, 3.05) is 0 Å². The van der Waals surface area contributed by atoms with Crippen molar-refractivity contribution < 1.29 is 13.9 Å². The van der Waals surface area contributed by atoms with Crippen LogP contribution in [0.5, 0.6) is 0 Å². The van der Waals surface area contributed by atoms with Crippen molar-refractivity contribution in [1.82, 2.24) is 0 Å². The number of hydrogen-bond acceptors (Lipinski definition) is 1. The zero-order valence-electron chi connectivity index (χ0n) is 9.62. The highest BCUT2D eigenvalue weighted by molar-refractivity contribution is 6.30. The van der Waals surface area contributed by atoms with Crippen LogP contribution < -0.4 is 0 Å². The van der Waals surface area contributed by atoms with E-state index in [1.165, 1.54) is 19.1 Å². The molecule has 0 saturated heterocycles. The van der Waals surface area contributed by atoms with Crippen LogP contribution in [0.15, 0.2) is 42.5 Å². The fourth-order valence-electron chi connectivity index (χ4n) is 1.81. The molecule has 0 aliphatic rings. The monoisotopic (exact) mass is 268 g/mol. The fraction of sp³-hybridized carbons (Fsp3) is 0.143. The molecule has 2 aromatic rings. The molecule has 18 heavy (non-hydrogen) atoms. The Hall–Kier alpha value is -1.45. The molecule has 2 rings (SSSR count). The quantitative estimate of drug-likeness (QED) is 0.876. The standard InChI is InChI=1S/C14H11ClF2O/c1-14(18,9-5-7-10(15)8-6-9)11-3-2-4-12(16)13(11)17/h2-8,18H,1H3. The Bertz CT molecular complexity index is 565. The Kier molecular flexibility index (Phi) is 3.37. The van der Waals surface area contributed by atoms with Crippen molar-refractivity contribution >= 4 is 11.6 Å². The Balaban J connectivity index is 2.54. The van der Waals surface area contributed by atoms with Crippen LogP contribution in [0.1, 0.15) is 18.1 Å². The SMILES string of the molecule is CC(O)(c1ccc(Cl)cc1)c1cccc(F)c1F. The third kappa shape index (κ3) is 2.24. The second kappa shape index (κ2) is 4.67. The average molecular weight is 269 g/mol. The number of aliphatic hydroxyl groups is 1. The van der Waals surface area contributed by atoms with Crippen molar-refractivity contribution in [3.05, 3.63) is 70.2 Å². The van der Waals surface area contributed by atoms with Crippen LogP contribution in [0, 0.1) is 11.6 Å². The van der Waals surface area contributed by atoms with E-state index in [0.29, 0.717) is 10.6 Å². The van der Waals surface area contributed by atoms with Gasteiger partial charge in [-0.25, -0.2) is 8.78 Å². The van der Waals surface area contributed by atoms with E-state index in [1.54, 1.807) is 24.3 Å². The first kappa shape index (κ1) is 13.0. The summed E-state index contributed by atoms with van der Waals surface area (Å²) in [6.07, 6.45) is 0. The third-order valence-corrected chi connectivity index (χ3v) is 3.13. The molecule has 1 N–H and O–H groups in total. The van der Waals surface area contributed by atoms with E-state index >= 15 is 0 Å². The van der Waals surface area contributed by atoms with Gasteiger partial charge in [0, 0.05) is 10.6 Å². The van der Waals surface area contributed by atoms with Crippen LogP contribution in [0.4, 0.5) is 8.78 Å². The summed E-state index contributed by atoms with van der Waals surface area (Å²) in [5, 5.41) is 10.9. The lowest BCUT2D eigenvalue weighted by atomic mass is 9.88. The summed E-state index contributed by atoms with van der Waals surface area (Å²) in [6.45, 7) is 1.41. The zero-order valence-corrected chi connectivity index (χ0v) is 10.4. The highest BCUT2D eigenvalue weighted by atomic mass is 35.5. The molecule has 4 heteroatoms. The largest absolute Gasteiger partial charge is 0.381 e. The zero-order chi connectivity index (χ0) is 13.3. The average Bonchev–Trinajstić information content (AvgIpc) is 2.33.